The van der Waals surface area contributed by atoms with Gasteiger partial charge in [0.05, 0.1) is 0 Å². The molecule has 100 valence electrons. The van der Waals surface area contributed by atoms with Crippen LogP contribution in [0.4, 0.5) is 8.78 Å². The Labute approximate surface area is 112 Å². The van der Waals surface area contributed by atoms with Crippen molar-refractivity contribution in [2.24, 2.45) is 0 Å². The van der Waals surface area contributed by atoms with E-state index in [-0.39, 0.29) is 11.6 Å². The zero-order valence-electron chi connectivity index (χ0n) is 11.1. The highest BCUT2D eigenvalue weighted by Gasteiger charge is 2.08. The number of hydrogen-bond donors (Lipinski definition) is 1. The summed E-state index contributed by atoms with van der Waals surface area (Å²) in [5.41, 5.74) is 2.68. The molecule has 0 saturated carbocycles. The molecule has 19 heavy (non-hydrogen) atoms. The average Bonchev–Trinajstić information content (AvgIpc) is 2.35. The van der Waals surface area contributed by atoms with Gasteiger partial charge in [0.2, 0.25) is 0 Å². The Bertz CT molecular complexity index is 559. The lowest BCUT2D eigenvalue weighted by molar-refractivity contribution is 0.621. The Morgan fingerprint density at radius 3 is 2.47 bits per heavy atom. The Kier molecular flexibility index (Phi) is 4.27. The van der Waals surface area contributed by atoms with E-state index in [1.54, 1.807) is 19.1 Å². The summed E-state index contributed by atoms with van der Waals surface area (Å²) >= 11 is 0. The molecule has 0 amide bonds. The summed E-state index contributed by atoms with van der Waals surface area (Å²) in [6.45, 7) is 5.27. The summed E-state index contributed by atoms with van der Waals surface area (Å²) in [5.74, 6) is -0.661. The summed E-state index contributed by atoms with van der Waals surface area (Å²) in [6.07, 6.45) is 0. The molecule has 0 spiro atoms. The molecule has 3 heteroatoms. The van der Waals surface area contributed by atoms with Gasteiger partial charge < -0.3 is 5.32 Å². The monoisotopic (exact) mass is 261 g/mol. The first-order chi connectivity index (χ1) is 9.10. The van der Waals surface area contributed by atoms with Crippen LogP contribution >= 0.6 is 0 Å². The maximum atomic E-state index is 14.1. The van der Waals surface area contributed by atoms with Gasteiger partial charge in [-0.1, -0.05) is 25.1 Å². The fourth-order valence-corrected chi connectivity index (χ4v) is 2.06. The van der Waals surface area contributed by atoms with Crippen molar-refractivity contribution in [3.8, 4) is 11.1 Å². The molecule has 0 aliphatic rings. The Balaban J connectivity index is 2.34. The molecule has 0 aliphatic heterocycles. The standard InChI is InChI=1S/C16H17F2N/c1-3-19-10-12-4-5-15(16(18)8-12)13-6-11(2)7-14(17)9-13/h4-9,19H,3,10H2,1-2H3. The van der Waals surface area contributed by atoms with Crippen molar-refractivity contribution in [1.82, 2.24) is 5.32 Å². The molecule has 0 saturated heterocycles. The van der Waals surface area contributed by atoms with E-state index in [2.05, 4.69) is 5.32 Å². The maximum absolute atomic E-state index is 14.1. The van der Waals surface area contributed by atoms with Crippen molar-refractivity contribution in [3.63, 3.8) is 0 Å². The van der Waals surface area contributed by atoms with Crippen LogP contribution in [0.3, 0.4) is 0 Å². The van der Waals surface area contributed by atoms with Crippen molar-refractivity contribution in [2.75, 3.05) is 6.54 Å². The molecule has 2 rings (SSSR count). The number of hydrogen-bond acceptors (Lipinski definition) is 1. The molecule has 0 aliphatic carbocycles. The van der Waals surface area contributed by atoms with E-state index in [0.717, 1.165) is 17.7 Å². The molecule has 0 atom stereocenters. The Hall–Kier alpha value is -1.74. The van der Waals surface area contributed by atoms with Crippen LogP contribution in [-0.2, 0) is 6.54 Å². The van der Waals surface area contributed by atoms with Crippen molar-refractivity contribution in [1.29, 1.82) is 0 Å². The third-order valence-corrected chi connectivity index (χ3v) is 2.97. The fraction of sp³-hybridized carbons (Fsp3) is 0.250. The lowest BCUT2D eigenvalue weighted by Crippen LogP contribution is -2.11. The predicted octanol–water partition coefficient (Wildman–Crippen LogP) is 4.05. The largest absolute Gasteiger partial charge is 0.313 e. The summed E-state index contributed by atoms with van der Waals surface area (Å²) < 4.78 is 27.4. The molecule has 0 unspecified atom stereocenters. The number of aryl methyl sites for hydroxylation is 1. The first-order valence-electron chi connectivity index (χ1n) is 6.37. The van der Waals surface area contributed by atoms with Crippen LogP contribution in [0.5, 0.6) is 0 Å². The number of rotatable bonds is 4. The zero-order chi connectivity index (χ0) is 13.8. The number of benzene rings is 2. The van der Waals surface area contributed by atoms with Crippen molar-refractivity contribution < 1.29 is 8.78 Å². The van der Waals surface area contributed by atoms with Crippen LogP contribution < -0.4 is 5.32 Å². The molecule has 0 aromatic heterocycles. The smallest absolute Gasteiger partial charge is 0.131 e. The van der Waals surface area contributed by atoms with Gasteiger partial charge in [-0.15, -0.1) is 0 Å². The third-order valence-electron chi connectivity index (χ3n) is 2.97. The van der Waals surface area contributed by atoms with E-state index in [4.69, 9.17) is 0 Å². The second-order valence-corrected chi connectivity index (χ2v) is 4.61. The summed E-state index contributed by atoms with van der Waals surface area (Å²) in [4.78, 5) is 0. The quantitative estimate of drug-likeness (QED) is 0.875. The first-order valence-corrected chi connectivity index (χ1v) is 6.37. The maximum Gasteiger partial charge on any atom is 0.131 e. The molecule has 2 aromatic rings. The van der Waals surface area contributed by atoms with Crippen LogP contribution in [0.15, 0.2) is 36.4 Å². The highest BCUT2D eigenvalue weighted by Crippen LogP contribution is 2.25. The van der Waals surface area contributed by atoms with Gasteiger partial charge in [0, 0.05) is 12.1 Å². The fourth-order valence-electron chi connectivity index (χ4n) is 2.06. The van der Waals surface area contributed by atoms with E-state index < -0.39 is 0 Å². The molecular formula is C16H17F2N. The topological polar surface area (TPSA) is 12.0 Å². The van der Waals surface area contributed by atoms with Gasteiger partial charge in [-0.3, -0.25) is 0 Å². The van der Waals surface area contributed by atoms with Gasteiger partial charge in [-0.2, -0.15) is 0 Å². The van der Waals surface area contributed by atoms with E-state index in [0.29, 0.717) is 17.7 Å². The highest BCUT2D eigenvalue weighted by atomic mass is 19.1. The van der Waals surface area contributed by atoms with Gasteiger partial charge in [-0.25, -0.2) is 8.78 Å². The van der Waals surface area contributed by atoms with Gasteiger partial charge in [0.1, 0.15) is 11.6 Å². The summed E-state index contributed by atoms with van der Waals surface area (Å²) in [6, 6.07) is 9.64. The second kappa shape index (κ2) is 5.93. The minimum atomic E-state index is -0.342. The van der Waals surface area contributed by atoms with E-state index >= 15 is 0 Å². The SMILES string of the molecule is CCNCc1ccc(-c2cc(C)cc(F)c2)c(F)c1. The Morgan fingerprint density at radius 1 is 1.05 bits per heavy atom. The minimum absolute atomic E-state index is 0.319. The molecule has 1 N–H and O–H groups in total. The van der Waals surface area contributed by atoms with Gasteiger partial charge in [0.15, 0.2) is 0 Å². The Morgan fingerprint density at radius 2 is 1.84 bits per heavy atom. The first kappa shape index (κ1) is 13.7. The normalized spacial score (nSPS) is 10.7. The van der Waals surface area contributed by atoms with Crippen LogP contribution in [0.1, 0.15) is 18.1 Å². The van der Waals surface area contributed by atoms with E-state index in [1.165, 1.54) is 18.2 Å². The van der Waals surface area contributed by atoms with Crippen molar-refractivity contribution in [2.45, 2.75) is 20.4 Å². The molecule has 2 aromatic carbocycles. The zero-order valence-corrected chi connectivity index (χ0v) is 11.1. The van der Waals surface area contributed by atoms with Crippen molar-refractivity contribution >= 4 is 0 Å². The molecule has 0 bridgehead atoms. The average molecular weight is 261 g/mol. The molecule has 1 nitrogen and oxygen atoms in total. The number of halogens is 2. The second-order valence-electron chi connectivity index (χ2n) is 4.61. The van der Waals surface area contributed by atoms with Gasteiger partial charge in [0.25, 0.3) is 0 Å². The summed E-state index contributed by atoms with van der Waals surface area (Å²) in [5, 5.41) is 3.14. The van der Waals surface area contributed by atoms with Crippen molar-refractivity contribution in [3.05, 3.63) is 59.2 Å². The third kappa shape index (κ3) is 3.38. The van der Waals surface area contributed by atoms with Crippen LogP contribution in [-0.4, -0.2) is 6.54 Å². The lowest BCUT2D eigenvalue weighted by atomic mass is 10.0. The van der Waals surface area contributed by atoms with Crippen LogP contribution in [0, 0.1) is 18.6 Å². The van der Waals surface area contributed by atoms with E-state index in [9.17, 15) is 8.78 Å². The molecule has 0 heterocycles. The van der Waals surface area contributed by atoms with Gasteiger partial charge in [-0.05, 0) is 48.4 Å². The lowest BCUT2D eigenvalue weighted by Gasteiger charge is -2.08. The van der Waals surface area contributed by atoms with Crippen LogP contribution in [0.25, 0.3) is 11.1 Å². The molecule has 0 radical (unpaired) electrons. The number of nitrogens with one attached hydrogen (secondary N) is 1. The summed E-state index contributed by atoms with van der Waals surface area (Å²) in [7, 11) is 0. The minimum Gasteiger partial charge on any atom is -0.313 e. The van der Waals surface area contributed by atoms with Gasteiger partial charge >= 0.3 is 0 Å². The molecule has 0 fully saturated rings. The predicted molar refractivity (Wildman–Crippen MR) is 73.9 cm³/mol. The van der Waals surface area contributed by atoms with Crippen LogP contribution in [0.2, 0.25) is 0 Å². The highest BCUT2D eigenvalue weighted by molar-refractivity contribution is 5.65. The van der Waals surface area contributed by atoms with E-state index in [1.807, 2.05) is 13.0 Å². The molecular weight excluding hydrogens is 244 g/mol.